The van der Waals surface area contributed by atoms with Crippen LogP contribution in [0.25, 0.3) is 22.3 Å². The first kappa shape index (κ1) is 17.2. The van der Waals surface area contributed by atoms with Gasteiger partial charge in [-0.1, -0.05) is 6.07 Å². The van der Waals surface area contributed by atoms with E-state index < -0.39 is 0 Å². The lowest BCUT2D eigenvalue weighted by Gasteiger charge is -2.21. The van der Waals surface area contributed by atoms with E-state index >= 15 is 0 Å². The van der Waals surface area contributed by atoms with E-state index in [2.05, 4.69) is 10.3 Å². The molecule has 1 aliphatic rings. The van der Waals surface area contributed by atoms with E-state index in [1.807, 2.05) is 48.5 Å². The Balaban J connectivity index is 1.67. The van der Waals surface area contributed by atoms with Crippen molar-refractivity contribution in [3.05, 3.63) is 60.9 Å². The molecule has 1 N–H and O–H groups in total. The molecule has 1 aliphatic heterocycles. The lowest BCUT2D eigenvalue weighted by molar-refractivity contribution is 0.172. The number of hydrogen-bond donors (Lipinski definition) is 1. The Morgan fingerprint density at radius 1 is 1.00 bits per heavy atom. The van der Waals surface area contributed by atoms with Gasteiger partial charge in [0.25, 0.3) is 0 Å². The molecule has 2 aromatic heterocycles. The van der Waals surface area contributed by atoms with Gasteiger partial charge in [0.05, 0.1) is 18.3 Å². The molecular formula is C22H18N4O3. The van der Waals surface area contributed by atoms with Crippen LogP contribution in [0.4, 0.5) is 11.5 Å². The average molecular weight is 386 g/mol. The first-order valence-corrected chi connectivity index (χ1v) is 9.23. The molecule has 29 heavy (non-hydrogen) atoms. The zero-order chi connectivity index (χ0) is 19.6. The molecule has 3 heterocycles. The molecule has 0 saturated heterocycles. The van der Waals surface area contributed by atoms with E-state index in [-0.39, 0.29) is 0 Å². The standard InChI is InChI=1S/C22H18N4O3/c1-27-15-7-8-17-16(12-15)22(26-21(24-17)14-4-3-9-23-13-14)25-18-5-2-6-19-20(18)29-11-10-28-19/h2-9,12-13H,10-11H2,1H3,(H,24,25,26). The van der Waals surface area contributed by atoms with Gasteiger partial charge < -0.3 is 19.5 Å². The van der Waals surface area contributed by atoms with Crippen LogP contribution in [0, 0.1) is 0 Å². The van der Waals surface area contributed by atoms with Crippen LogP contribution in [0.2, 0.25) is 0 Å². The van der Waals surface area contributed by atoms with Gasteiger partial charge in [-0.2, -0.15) is 0 Å². The zero-order valence-corrected chi connectivity index (χ0v) is 15.8. The number of anilines is 2. The second kappa shape index (κ2) is 7.27. The molecule has 0 bridgehead atoms. The number of methoxy groups -OCH3 is 1. The molecule has 0 fully saturated rings. The fourth-order valence-corrected chi connectivity index (χ4v) is 3.25. The summed E-state index contributed by atoms with van der Waals surface area (Å²) in [5.74, 6) is 3.35. The Kier molecular flexibility index (Phi) is 4.32. The van der Waals surface area contributed by atoms with Crippen molar-refractivity contribution in [1.82, 2.24) is 15.0 Å². The second-order valence-corrected chi connectivity index (χ2v) is 6.48. The second-order valence-electron chi connectivity index (χ2n) is 6.48. The first-order chi connectivity index (χ1) is 14.3. The molecule has 2 aromatic carbocycles. The molecule has 0 unspecified atom stereocenters. The van der Waals surface area contributed by atoms with Crippen molar-refractivity contribution in [2.75, 3.05) is 25.6 Å². The topological polar surface area (TPSA) is 78.4 Å². The highest BCUT2D eigenvalue weighted by Crippen LogP contribution is 2.40. The number of aromatic nitrogens is 3. The van der Waals surface area contributed by atoms with Crippen molar-refractivity contribution in [2.24, 2.45) is 0 Å². The number of para-hydroxylation sites is 1. The maximum Gasteiger partial charge on any atom is 0.184 e. The number of nitrogens with zero attached hydrogens (tertiary/aromatic N) is 3. The largest absolute Gasteiger partial charge is 0.497 e. The Hall–Kier alpha value is -3.87. The number of benzene rings is 2. The van der Waals surface area contributed by atoms with Crippen LogP contribution < -0.4 is 19.5 Å². The molecule has 0 radical (unpaired) electrons. The lowest BCUT2D eigenvalue weighted by Crippen LogP contribution is -2.16. The van der Waals surface area contributed by atoms with Crippen LogP contribution in [0.1, 0.15) is 0 Å². The van der Waals surface area contributed by atoms with E-state index in [0.29, 0.717) is 36.4 Å². The van der Waals surface area contributed by atoms with Crippen LogP contribution >= 0.6 is 0 Å². The van der Waals surface area contributed by atoms with Gasteiger partial charge in [-0.05, 0) is 42.5 Å². The van der Waals surface area contributed by atoms with Gasteiger partial charge in [0.2, 0.25) is 0 Å². The fraction of sp³-hybridized carbons (Fsp3) is 0.136. The van der Waals surface area contributed by atoms with Crippen LogP contribution in [0.5, 0.6) is 17.2 Å². The van der Waals surface area contributed by atoms with Crippen LogP contribution in [-0.4, -0.2) is 35.3 Å². The van der Waals surface area contributed by atoms with Gasteiger partial charge in [0, 0.05) is 23.3 Å². The zero-order valence-electron chi connectivity index (χ0n) is 15.8. The van der Waals surface area contributed by atoms with Crippen LogP contribution in [0.3, 0.4) is 0 Å². The molecule has 0 saturated carbocycles. The SMILES string of the molecule is COc1ccc2nc(-c3cccnc3)nc(Nc3cccc4c3OCCO4)c2c1. The molecule has 5 rings (SSSR count). The summed E-state index contributed by atoms with van der Waals surface area (Å²) in [6.45, 7) is 1.04. The third-order valence-electron chi connectivity index (χ3n) is 4.64. The van der Waals surface area contributed by atoms with E-state index in [0.717, 1.165) is 27.9 Å². The van der Waals surface area contributed by atoms with E-state index in [1.165, 1.54) is 0 Å². The molecule has 144 valence electrons. The molecule has 4 aromatic rings. The molecule has 0 spiro atoms. The molecule has 7 nitrogen and oxygen atoms in total. The van der Waals surface area contributed by atoms with Crippen LogP contribution in [-0.2, 0) is 0 Å². The third kappa shape index (κ3) is 3.27. The summed E-state index contributed by atoms with van der Waals surface area (Å²) in [4.78, 5) is 13.7. The van der Waals surface area contributed by atoms with Crippen LogP contribution in [0.15, 0.2) is 60.9 Å². The normalized spacial score (nSPS) is 12.6. The summed E-state index contributed by atoms with van der Waals surface area (Å²) < 4.78 is 16.9. The van der Waals surface area contributed by atoms with Crippen molar-refractivity contribution in [3.63, 3.8) is 0 Å². The Morgan fingerprint density at radius 2 is 1.93 bits per heavy atom. The molecule has 7 heteroatoms. The van der Waals surface area contributed by atoms with Crippen molar-refractivity contribution < 1.29 is 14.2 Å². The predicted molar refractivity (Wildman–Crippen MR) is 110 cm³/mol. The third-order valence-corrected chi connectivity index (χ3v) is 4.64. The maximum atomic E-state index is 5.83. The highest BCUT2D eigenvalue weighted by Gasteiger charge is 2.18. The summed E-state index contributed by atoms with van der Waals surface area (Å²) in [5.41, 5.74) is 2.41. The minimum atomic E-state index is 0.505. The van der Waals surface area contributed by atoms with Gasteiger partial charge in [-0.3, -0.25) is 4.98 Å². The van der Waals surface area contributed by atoms with Gasteiger partial charge in [0.15, 0.2) is 17.3 Å². The summed E-state index contributed by atoms with van der Waals surface area (Å²) in [6.07, 6.45) is 3.47. The monoisotopic (exact) mass is 386 g/mol. The number of rotatable bonds is 4. The molecule has 0 atom stereocenters. The minimum absolute atomic E-state index is 0.505. The Morgan fingerprint density at radius 3 is 2.79 bits per heavy atom. The number of nitrogens with one attached hydrogen (secondary N) is 1. The average Bonchev–Trinajstić information content (AvgIpc) is 2.79. The van der Waals surface area contributed by atoms with Crippen molar-refractivity contribution in [1.29, 1.82) is 0 Å². The number of hydrogen-bond acceptors (Lipinski definition) is 7. The summed E-state index contributed by atoms with van der Waals surface area (Å²) in [7, 11) is 1.64. The van der Waals surface area contributed by atoms with Crippen molar-refractivity contribution >= 4 is 22.4 Å². The summed E-state index contributed by atoms with van der Waals surface area (Å²) >= 11 is 0. The summed E-state index contributed by atoms with van der Waals surface area (Å²) in [5, 5.41) is 4.24. The van der Waals surface area contributed by atoms with Gasteiger partial charge >= 0.3 is 0 Å². The maximum absolute atomic E-state index is 5.83. The number of pyridine rings is 1. The van der Waals surface area contributed by atoms with Crippen molar-refractivity contribution in [3.8, 4) is 28.6 Å². The number of ether oxygens (including phenoxy) is 3. The lowest BCUT2D eigenvalue weighted by atomic mass is 10.2. The minimum Gasteiger partial charge on any atom is -0.497 e. The molecular weight excluding hydrogens is 368 g/mol. The highest BCUT2D eigenvalue weighted by molar-refractivity contribution is 5.94. The Bertz CT molecular complexity index is 1180. The van der Waals surface area contributed by atoms with Crippen molar-refractivity contribution in [2.45, 2.75) is 0 Å². The highest BCUT2D eigenvalue weighted by atomic mass is 16.6. The fourth-order valence-electron chi connectivity index (χ4n) is 3.25. The van der Waals surface area contributed by atoms with Gasteiger partial charge in [0.1, 0.15) is 24.8 Å². The molecule has 0 aliphatic carbocycles. The number of fused-ring (bicyclic) bond motifs is 2. The molecule has 0 amide bonds. The smallest absolute Gasteiger partial charge is 0.184 e. The predicted octanol–water partition coefficient (Wildman–Crippen LogP) is 4.22. The van der Waals surface area contributed by atoms with Gasteiger partial charge in [-0.15, -0.1) is 0 Å². The summed E-state index contributed by atoms with van der Waals surface area (Å²) in [6, 6.07) is 15.3. The Labute approximate surface area is 167 Å². The first-order valence-electron chi connectivity index (χ1n) is 9.23. The van der Waals surface area contributed by atoms with E-state index in [9.17, 15) is 0 Å². The van der Waals surface area contributed by atoms with E-state index in [4.69, 9.17) is 24.2 Å². The quantitative estimate of drug-likeness (QED) is 0.563. The van der Waals surface area contributed by atoms with E-state index in [1.54, 1.807) is 19.5 Å². The van der Waals surface area contributed by atoms with Gasteiger partial charge in [-0.25, -0.2) is 9.97 Å².